The molecule has 186 valence electrons. The van der Waals surface area contributed by atoms with Crippen LogP contribution in [0.4, 0.5) is 23.1 Å². The van der Waals surface area contributed by atoms with E-state index in [-0.39, 0.29) is 11.9 Å². The highest BCUT2D eigenvalue weighted by Crippen LogP contribution is 2.38. The fraction of sp³-hybridized carbons (Fsp3) is 0.391. The number of nitrogens with two attached hydrogens (primary N) is 1. The van der Waals surface area contributed by atoms with Gasteiger partial charge < -0.3 is 20.9 Å². The summed E-state index contributed by atoms with van der Waals surface area (Å²) in [5, 5.41) is 12.1. The normalized spacial score (nSPS) is 15.2. The van der Waals surface area contributed by atoms with Crippen molar-refractivity contribution in [2.75, 3.05) is 43.6 Å². The smallest absolute Gasteiger partial charge is 0.231 e. The molecule has 3 heterocycles. The molecule has 10 nitrogen and oxygen atoms in total. The first-order chi connectivity index (χ1) is 16.6. The lowest BCUT2D eigenvalue weighted by Gasteiger charge is -2.31. The predicted molar refractivity (Wildman–Crippen MR) is 140 cm³/mol. The molecule has 0 bridgehead atoms. The van der Waals surface area contributed by atoms with Crippen molar-refractivity contribution in [2.45, 2.75) is 25.8 Å². The fourth-order valence-corrected chi connectivity index (χ4v) is 5.56. The number of piperidine rings is 1. The highest BCUT2D eigenvalue weighted by Gasteiger charge is 2.24. The summed E-state index contributed by atoms with van der Waals surface area (Å²) in [6, 6.07) is 7.66. The van der Waals surface area contributed by atoms with Crippen molar-refractivity contribution in [1.82, 2.24) is 24.6 Å². The summed E-state index contributed by atoms with van der Waals surface area (Å²) >= 11 is 6.36. The van der Waals surface area contributed by atoms with Gasteiger partial charge in [-0.1, -0.05) is 23.7 Å². The molecule has 0 unspecified atom stereocenters. The molecule has 0 aliphatic carbocycles. The fourth-order valence-electron chi connectivity index (χ4n) is 4.27. The van der Waals surface area contributed by atoms with Gasteiger partial charge in [0.2, 0.25) is 11.9 Å². The van der Waals surface area contributed by atoms with Crippen molar-refractivity contribution in [2.24, 2.45) is 5.73 Å². The molecule has 1 aliphatic rings. The molecular weight excluding hydrogens is 487 g/mol. The minimum absolute atomic E-state index is 0.244. The van der Waals surface area contributed by atoms with Gasteiger partial charge in [0, 0.05) is 18.4 Å². The highest BCUT2D eigenvalue weighted by molar-refractivity contribution is 7.70. The molecule has 1 amide bonds. The third kappa shape index (κ3) is 6.01. The molecule has 4 N–H and O–H groups in total. The highest BCUT2D eigenvalue weighted by atomic mass is 35.5. The zero-order valence-corrected chi connectivity index (χ0v) is 21.7. The molecule has 0 spiro atoms. The number of likely N-dealkylation sites (tertiary alicyclic amines) is 1. The number of hydrogen-bond acceptors (Lipinski definition) is 8. The first-order valence-electron chi connectivity index (χ1n) is 11.4. The Labute approximate surface area is 209 Å². The quantitative estimate of drug-likeness (QED) is 0.388. The third-order valence-electron chi connectivity index (χ3n) is 6.05. The van der Waals surface area contributed by atoms with Crippen molar-refractivity contribution in [3.8, 4) is 0 Å². The van der Waals surface area contributed by atoms with Gasteiger partial charge in [-0.3, -0.25) is 14.4 Å². The van der Waals surface area contributed by atoms with Crippen LogP contribution in [0, 0.1) is 6.92 Å². The van der Waals surface area contributed by atoms with E-state index >= 15 is 0 Å². The number of nitrogens with one attached hydrogen (secondary N) is 2. The second-order valence-electron chi connectivity index (χ2n) is 9.07. The van der Waals surface area contributed by atoms with E-state index in [1.54, 1.807) is 19.5 Å². The zero-order valence-electron chi connectivity index (χ0n) is 20.0. The van der Waals surface area contributed by atoms with Crippen LogP contribution in [0.3, 0.4) is 0 Å². The molecule has 1 aromatic carbocycles. The van der Waals surface area contributed by atoms with Gasteiger partial charge in [-0.05, 0) is 45.2 Å². The van der Waals surface area contributed by atoms with Gasteiger partial charge in [-0.2, -0.15) is 10.1 Å². The molecule has 3 aromatic rings. The van der Waals surface area contributed by atoms with Crippen molar-refractivity contribution in [3.05, 3.63) is 47.4 Å². The minimum atomic E-state index is -2.50. The van der Waals surface area contributed by atoms with Crippen LogP contribution in [0.25, 0.3) is 0 Å². The van der Waals surface area contributed by atoms with Crippen LogP contribution in [0.5, 0.6) is 0 Å². The average Bonchev–Trinajstić information content (AvgIpc) is 3.16. The Morgan fingerprint density at radius 3 is 2.57 bits per heavy atom. The maximum absolute atomic E-state index is 12.7. The first kappa shape index (κ1) is 25.2. The van der Waals surface area contributed by atoms with Crippen LogP contribution in [0.2, 0.25) is 5.02 Å². The van der Waals surface area contributed by atoms with Crippen LogP contribution < -0.4 is 21.7 Å². The Bertz CT molecular complexity index is 1270. The summed E-state index contributed by atoms with van der Waals surface area (Å²) in [5.41, 5.74) is 7.77. The van der Waals surface area contributed by atoms with Crippen molar-refractivity contribution < 1.29 is 9.36 Å². The summed E-state index contributed by atoms with van der Waals surface area (Å²) in [5.74, 6) is 0.477. The van der Waals surface area contributed by atoms with E-state index in [4.69, 9.17) is 17.3 Å². The standard InChI is InChI=1S/C23H30ClN8O2P/c1-15-19(13-27-32(15)16-8-10-31(11-9-16)14-21(25)33)29-23-26-12-17(24)22(30-23)28-18-6-4-5-7-20(18)35(2,3)34/h4-7,12-13,16H,8-11,14H2,1-3H3,(H2,25,33)(H2,26,28,29,30). The number of rotatable bonds is 8. The van der Waals surface area contributed by atoms with Gasteiger partial charge in [0.15, 0.2) is 5.82 Å². The largest absolute Gasteiger partial charge is 0.369 e. The van der Waals surface area contributed by atoms with Crippen molar-refractivity contribution in [1.29, 1.82) is 0 Å². The van der Waals surface area contributed by atoms with Gasteiger partial charge in [0.25, 0.3) is 0 Å². The first-order valence-corrected chi connectivity index (χ1v) is 14.4. The lowest BCUT2D eigenvalue weighted by Crippen LogP contribution is -2.40. The predicted octanol–water partition coefficient (Wildman–Crippen LogP) is 3.49. The number of halogens is 1. The van der Waals surface area contributed by atoms with E-state index in [0.29, 0.717) is 29.0 Å². The second kappa shape index (κ2) is 10.4. The Morgan fingerprint density at radius 2 is 1.89 bits per heavy atom. The average molecular weight is 517 g/mol. The van der Waals surface area contributed by atoms with Gasteiger partial charge >= 0.3 is 0 Å². The number of hydrogen-bond donors (Lipinski definition) is 3. The van der Waals surface area contributed by atoms with Gasteiger partial charge in [0.05, 0.1) is 42.0 Å². The molecule has 12 heteroatoms. The molecule has 2 aromatic heterocycles. The van der Waals surface area contributed by atoms with Crippen LogP contribution in [-0.4, -0.2) is 63.5 Å². The number of benzene rings is 1. The Hall–Kier alpha value is -2.94. The number of anilines is 4. The number of carbonyl (C=O) groups excluding carboxylic acids is 1. The SMILES string of the molecule is Cc1c(Nc2ncc(Cl)c(Nc3ccccc3P(C)(C)=O)n2)cnn1C1CCN(CC(N)=O)CC1. The number of amides is 1. The monoisotopic (exact) mass is 516 g/mol. The van der Waals surface area contributed by atoms with Crippen LogP contribution in [-0.2, 0) is 9.36 Å². The molecule has 1 aliphatic heterocycles. The number of aromatic nitrogens is 4. The summed E-state index contributed by atoms with van der Waals surface area (Å²) in [6.07, 6.45) is 5.06. The molecule has 4 rings (SSSR count). The van der Waals surface area contributed by atoms with Crippen molar-refractivity contribution >= 4 is 53.1 Å². The van der Waals surface area contributed by atoms with E-state index < -0.39 is 7.14 Å². The third-order valence-corrected chi connectivity index (χ3v) is 7.88. The van der Waals surface area contributed by atoms with Crippen molar-refractivity contribution in [3.63, 3.8) is 0 Å². The van der Waals surface area contributed by atoms with Crippen LogP contribution >= 0.6 is 18.7 Å². The van der Waals surface area contributed by atoms with E-state index in [2.05, 4.69) is 30.6 Å². The second-order valence-corrected chi connectivity index (χ2v) is 12.7. The lowest BCUT2D eigenvalue weighted by atomic mass is 10.0. The number of para-hydroxylation sites is 1. The zero-order chi connectivity index (χ0) is 25.2. The Kier molecular flexibility index (Phi) is 7.44. The molecule has 1 saturated heterocycles. The number of nitrogens with zero attached hydrogens (tertiary/aromatic N) is 5. The van der Waals surface area contributed by atoms with Crippen LogP contribution in [0.15, 0.2) is 36.7 Å². The van der Waals surface area contributed by atoms with E-state index in [0.717, 1.165) is 42.6 Å². The van der Waals surface area contributed by atoms with E-state index in [1.165, 1.54) is 6.20 Å². The molecule has 35 heavy (non-hydrogen) atoms. The van der Waals surface area contributed by atoms with Crippen LogP contribution in [0.1, 0.15) is 24.6 Å². The lowest BCUT2D eigenvalue weighted by molar-refractivity contribution is -0.119. The summed E-state index contributed by atoms with van der Waals surface area (Å²) in [7, 11) is -2.50. The molecule has 0 atom stereocenters. The molecule has 0 radical (unpaired) electrons. The topological polar surface area (TPSA) is 131 Å². The number of primary amides is 1. The summed E-state index contributed by atoms with van der Waals surface area (Å²) in [6.45, 7) is 7.34. The summed E-state index contributed by atoms with van der Waals surface area (Å²) in [4.78, 5) is 22.1. The van der Waals surface area contributed by atoms with E-state index in [1.807, 2.05) is 35.9 Å². The molecular formula is C23H30ClN8O2P. The maximum Gasteiger partial charge on any atom is 0.231 e. The van der Waals surface area contributed by atoms with Gasteiger partial charge in [0.1, 0.15) is 12.2 Å². The van der Waals surface area contributed by atoms with Gasteiger partial charge in [-0.25, -0.2) is 4.98 Å². The molecule has 0 saturated carbocycles. The summed E-state index contributed by atoms with van der Waals surface area (Å²) < 4.78 is 14.7. The number of carbonyl (C=O) groups is 1. The van der Waals surface area contributed by atoms with Gasteiger partial charge in [-0.15, -0.1) is 0 Å². The maximum atomic E-state index is 12.7. The molecule has 1 fully saturated rings. The minimum Gasteiger partial charge on any atom is -0.369 e. The Morgan fingerprint density at radius 1 is 1.17 bits per heavy atom. The Balaban J connectivity index is 1.49. The van der Waals surface area contributed by atoms with E-state index in [9.17, 15) is 9.36 Å².